The second kappa shape index (κ2) is 7.03. The number of aromatic nitrogens is 2. The molecule has 0 aliphatic heterocycles. The summed E-state index contributed by atoms with van der Waals surface area (Å²) in [6.07, 6.45) is 3.94. The van der Waals surface area contributed by atoms with Crippen molar-refractivity contribution in [2.75, 3.05) is 5.73 Å². The molecule has 3 N–H and O–H groups in total. The molecule has 130 valence electrons. The number of anilines is 1. The summed E-state index contributed by atoms with van der Waals surface area (Å²) in [4.78, 5) is 17.0. The molecular formula is C20H18ClN4O+. The summed E-state index contributed by atoms with van der Waals surface area (Å²) < 4.78 is 1.45. The highest BCUT2D eigenvalue weighted by molar-refractivity contribution is 6.33. The standard InChI is InChI=1S/C20H17ClN4O/c1-3-25-19(23)14(11-22)9-17(20(25)26)16-7-6-13(10-18(16)21)15-5-4-8-24-12(15)2/h4-7,9-11H,3H2,1-2H3,(H2-,22,23,26)/p+1. The molecule has 6 heteroatoms. The number of pyridine rings is 1. The van der Waals surface area contributed by atoms with E-state index in [4.69, 9.17) is 22.7 Å². The molecule has 0 spiro atoms. The van der Waals surface area contributed by atoms with Gasteiger partial charge in [0.25, 0.3) is 5.56 Å². The monoisotopic (exact) mass is 365 g/mol. The molecular weight excluding hydrogens is 348 g/mol. The van der Waals surface area contributed by atoms with E-state index < -0.39 is 0 Å². The van der Waals surface area contributed by atoms with Crippen LogP contribution in [0.3, 0.4) is 0 Å². The Bertz CT molecular complexity index is 1060. The predicted octanol–water partition coefficient (Wildman–Crippen LogP) is 3.14. The Hall–Kier alpha value is -3.10. The molecule has 0 unspecified atom stereocenters. The fourth-order valence-corrected chi connectivity index (χ4v) is 3.25. The molecule has 0 atom stereocenters. The van der Waals surface area contributed by atoms with Gasteiger partial charge in [-0.05, 0) is 35.7 Å². The first kappa shape index (κ1) is 17.7. The van der Waals surface area contributed by atoms with Gasteiger partial charge in [-0.3, -0.25) is 9.36 Å². The van der Waals surface area contributed by atoms with Gasteiger partial charge in [-0.25, -0.2) is 0 Å². The maximum atomic E-state index is 12.8. The van der Waals surface area contributed by atoms with Crippen molar-refractivity contribution in [3.63, 3.8) is 0 Å². The number of nitrogens with two attached hydrogens (primary N) is 1. The van der Waals surface area contributed by atoms with Gasteiger partial charge in [-0.2, -0.15) is 0 Å². The number of hydrogen-bond donors (Lipinski definition) is 2. The van der Waals surface area contributed by atoms with Crippen molar-refractivity contribution in [2.45, 2.75) is 20.4 Å². The van der Waals surface area contributed by atoms with Gasteiger partial charge in [-0.15, -0.1) is 0 Å². The number of benzene rings is 1. The average Bonchev–Trinajstić information content (AvgIpc) is 2.63. The quantitative estimate of drug-likeness (QED) is 0.696. The van der Waals surface area contributed by atoms with Crippen LogP contribution in [0.25, 0.3) is 22.3 Å². The van der Waals surface area contributed by atoms with Gasteiger partial charge in [-0.1, -0.05) is 23.7 Å². The van der Waals surface area contributed by atoms with Gasteiger partial charge in [0.2, 0.25) is 0 Å². The van der Waals surface area contributed by atoms with E-state index in [1.165, 1.54) is 4.57 Å². The van der Waals surface area contributed by atoms with Crippen LogP contribution in [0.4, 0.5) is 5.82 Å². The molecule has 0 aliphatic carbocycles. The largest absolute Gasteiger partial charge is 0.384 e. The van der Waals surface area contributed by atoms with Crippen molar-refractivity contribution >= 4 is 23.6 Å². The van der Waals surface area contributed by atoms with E-state index in [1.807, 2.05) is 38.1 Å². The summed E-state index contributed by atoms with van der Waals surface area (Å²) in [5.74, 6) is 0.284. The summed E-state index contributed by atoms with van der Waals surface area (Å²) in [7, 11) is 0. The normalized spacial score (nSPS) is 10.4. The summed E-state index contributed by atoms with van der Waals surface area (Å²) in [5, 5.41) is 8.00. The molecule has 0 fully saturated rings. The molecule has 3 rings (SSSR count). The molecule has 0 aliphatic rings. The van der Waals surface area contributed by atoms with Crippen LogP contribution in [0.1, 0.15) is 18.2 Å². The van der Waals surface area contributed by atoms with Gasteiger partial charge in [0.05, 0.1) is 11.6 Å². The molecule has 0 bridgehead atoms. The van der Waals surface area contributed by atoms with E-state index in [-0.39, 0.29) is 11.4 Å². The number of hydrogen-bond acceptors (Lipinski definition) is 3. The zero-order valence-corrected chi connectivity index (χ0v) is 15.3. The van der Waals surface area contributed by atoms with Crippen LogP contribution < -0.4 is 16.3 Å². The van der Waals surface area contributed by atoms with Crippen LogP contribution in [0, 0.1) is 18.5 Å². The topological polar surface area (TPSA) is 86.0 Å². The Morgan fingerprint density at radius 1 is 1.27 bits per heavy atom. The van der Waals surface area contributed by atoms with Crippen molar-refractivity contribution in [1.82, 2.24) is 4.57 Å². The van der Waals surface area contributed by atoms with Crippen LogP contribution in [-0.2, 0) is 6.54 Å². The second-order valence-electron chi connectivity index (χ2n) is 5.86. The Kier molecular flexibility index (Phi) is 4.79. The Labute approximate surface area is 156 Å². The van der Waals surface area contributed by atoms with Gasteiger partial charge >= 0.3 is 11.9 Å². The van der Waals surface area contributed by atoms with Crippen molar-refractivity contribution in [1.29, 1.82) is 5.41 Å². The van der Waals surface area contributed by atoms with Crippen molar-refractivity contribution in [3.05, 3.63) is 69.2 Å². The van der Waals surface area contributed by atoms with Gasteiger partial charge in [0.15, 0.2) is 0 Å². The minimum absolute atomic E-state index is 0.225. The fraction of sp³-hybridized carbons (Fsp3) is 0.150. The first-order chi connectivity index (χ1) is 12.5. The van der Waals surface area contributed by atoms with Gasteiger partial charge < -0.3 is 11.1 Å². The van der Waals surface area contributed by atoms with Crippen molar-refractivity contribution in [3.8, 4) is 22.3 Å². The molecule has 3 aromatic rings. The van der Waals surface area contributed by atoms with Crippen molar-refractivity contribution < 1.29 is 4.98 Å². The summed E-state index contributed by atoms with van der Waals surface area (Å²) in [6.45, 7) is 4.16. The number of nitrogen functional groups attached to an aromatic ring is 1. The average molecular weight is 366 g/mol. The van der Waals surface area contributed by atoms with Crippen LogP contribution in [0.2, 0.25) is 5.02 Å². The summed E-state index contributed by atoms with van der Waals surface area (Å²) >= 11 is 6.50. The lowest BCUT2D eigenvalue weighted by Gasteiger charge is -2.14. The number of halogens is 1. The number of nitrogens with zero attached hydrogens (tertiary/aromatic N) is 2. The minimum Gasteiger partial charge on any atom is -0.384 e. The van der Waals surface area contributed by atoms with E-state index in [2.05, 4.69) is 11.2 Å². The third kappa shape index (κ3) is 2.96. The van der Waals surface area contributed by atoms with Crippen LogP contribution in [0.5, 0.6) is 0 Å². The molecule has 2 aromatic heterocycles. The number of rotatable bonds is 4. The van der Waals surface area contributed by atoms with Gasteiger partial charge in [0, 0.05) is 41.4 Å². The zero-order chi connectivity index (χ0) is 18.8. The first-order valence-electron chi connectivity index (χ1n) is 8.15. The highest BCUT2D eigenvalue weighted by atomic mass is 35.5. The first-order valence-corrected chi connectivity index (χ1v) is 8.53. The summed E-state index contributed by atoms with van der Waals surface area (Å²) in [6, 6.07) is 10.8. The number of nitrogens with one attached hydrogen (secondary N) is 1. The van der Waals surface area contributed by atoms with E-state index >= 15 is 0 Å². The van der Waals surface area contributed by atoms with E-state index in [0.29, 0.717) is 28.3 Å². The van der Waals surface area contributed by atoms with Crippen LogP contribution >= 0.6 is 11.6 Å². The van der Waals surface area contributed by atoms with Crippen LogP contribution in [0.15, 0.2) is 41.2 Å². The third-order valence-corrected chi connectivity index (χ3v) is 4.66. The highest BCUT2D eigenvalue weighted by Gasteiger charge is 2.16. The second-order valence-corrected chi connectivity index (χ2v) is 6.27. The van der Waals surface area contributed by atoms with Crippen molar-refractivity contribution in [2.24, 2.45) is 0 Å². The van der Waals surface area contributed by atoms with Crippen LogP contribution in [-0.4, -0.2) is 10.8 Å². The smallest absolute Gasteiger partial charge is 0.322 e. The molecule has 1 aromatic carbocycles. The zero-order valence-electron chi connectivity index (χ0n) is 14.5. The Balaban J connectivity index is 2.19. The lowest BCUT2D eigenvalue weighted by molar-refractivity contribution is -0.303. The lowest BCUT2D eigenvalue weighted by Crippen LogP contribution is -2.25. The molecule has 0 radical (unpaired) electrons. The molecule has 0 saturated heterocycles. The highest BCUT2D eigenvalue weighted by Crippen LogP contribution is 2.32. The Morgan fingerprint density at radius 2 is 2.04 bits per heavy atom. The van der Waals surface area contributed by atoms with Gasteiger partial charge in [0.1, 0.15) is 5.82 Å². The molecule has 2 heterocycles. The fourth-order valence-electron chi connectivity index (χ4n) is 2.97. The molecule has 0 amide bonds. The maximum absolute atomic E-state index is 12.8. The minimum atomic E-state index is -0.225. The Morgan fingerprint density at radius 3 is 2.65 bits per heavy atom. The van der Waals surface area contributed by atoms with E-state index in [0.717, 1.165) is 23.0 Å². The van der Waals surface area contributed by atoms with E-state index in [1.54, 1.807) is 12.1 Å². The maximum Gasteiger partial charge on any atom is 0.322 e. The molecule has 0 saturated carbocycles. The SMILES string of the molecule is CCn1c(N)c(C=N)cc(-c2ccc(-c3ccc#[n+]c3C)cc2Cl)c1=O. The van der Waals surface area contributed by atoms with E-state index in [9.17, 15) is 4.79 Å². The molecule has 5 nitrogen and oxygen atoms in total. The third-order valence-electron chi connectivity index (χ3n) is 4.35. The lowest BCUT2D eigenvalue weighted by atomic mass is 9.99. The predicted molar refractivity (Wildman–Crippen MR) is 104 cm³/mol. The summed E-state index contributed by atoms with van der Waals surface area (Å²) in [5.41, 5.74) is 9.99. The molecule has 26 heavy (non-hydrogen) atoms.